The molecule has 0 spiro atoms. The van der Waals surface area contributed by atoms with Gasteiger partial charge in [-0.2, -0.15) is 0 Å². The number of unbranched alkanes of at least 4 members (excludes halogenated alkanes) is 1. The van der Waals surface area contributed by atoms with Gasteiger partial charge in [0.15, 0.2) is 0 Å². The normalized spacial score (nSPS) is 11.2. The topological polar surface area (TPSA) is 24.1 Å². The Balaban J connectivity index is 1.92. The minimum Gasteiger partial charge on any atom is -0.315 e. The van der Waals surface area contributed by atoms with Crippen LogP contribution in [0.2, 0.25) is 4.34 Å². The Bertz CT molecular complexity index is 286. The predicted molar refractivity (Wildman–Crippen MR) is 73.4 cm³/mol. The van der Waals surface area contributed by atoms with Crippen molar-refractivity contribution in [3.63, 3.8) is 0 Å². The zero-order valence-corrected chi connectivity index (χ0v) is 11.6. The fourth-order valence-electron chi connectivity index (χ4n) is 1.42. The minimum absolute atomic E-state index is 0.598. The van der Waals surface area contributed by atoms with Gasteiger partial charge in [-0.05, 0) is 38.1 Å². The standard InChI is InChI=1S/C12H21ClN2S/c1-10(2)15-8-4-3-7-14-9-11-5-6-12(13)16-11/h5-6,10,14-15H,3-4,7-9H2,1-2H3. The Morgan fingerprint density at radius 3 is 2.62 bits per heavy atom. The van der Waals surface area contributed by atoms with Gasteiger partial charge < -0.3 is 10.6 Å². The number of thiophene rings is 1. The molecular formula is C12H21ClN2S. The smallest absolute Gasteiger partial charge is 0.0931 e. The second-order valence-electron chi connectivity index (χ2n) is 4.20. The molecule has 1 heterocycles. The highest BCUT2D eigenvalue weighted by molar-refractivity contribution is 7.16. The summed E-state index contributed by atoms with van der Waals surface area (Å²) in [6.45, 7) is 7.49. The van der Waals surface area contributed by atoms with E-state index in [1.165, 1.54) is 17.7 Å². The maximum absolute atomic E-state index is 5.85. The van der Waals surface area contributed by atoms with Crippen LogP contribution in [0.1, 0.15) is 31.6 Å². The molecule has 1 rings (SSSR count). The number of hydrogen-bond donors (Lipinski definition) is 2. The summed E-state index contributed by atoms with van der Waals surface area (Å²) in [7, 11) is 0. The van der Waals surface area contributed by atoms with E-state index in [4.69, 9.17) is 11.6 Å². The summed E-state index contributed by atoms with van der Waals surface area (Å²) in [6.07, 6.45) is 2.45. The molecular weight excluding hydrogens is 240 g/mol. The van der Waals surface area contributed by atoms with E-state index in [1.807, 2.05) is 6.07 Å². The predicted octanol–water partition coefficient (Wildman–Crippen LogP) is 3.27. The second-order valence-corrected chi connectivity index (χ2v) is 6.00. The lowest BCUT2D eigenvalue weighted by atomic mass is 10.3. The van der Waals surface area contributed by atoms with Crippen LogP contribution >= 0.6 is 22.9 Å². The lowest BCUT2D eigenvalue weighted by Crippen LogP contribution is -2.24. The molecule has 1 aromatic heterocycles. The molecule has 0 amide bonds. The Kier molecular flexibility index (Phi) is 7.05. The molecule has 0 aliphatic rings. The molecule has 0 unspecified atom stereocenters. The SMILES string of the molecule is CC(C)NCCCCNCc1ccc(Cl)s1. The van der Waals surface area contributed by atoms with Gasteiger partial charge in [-0.25, -0.2) is 0 Å². The highest BCUT2D eigenvalue weighted by Crippen LogP contribution is 2.20. The highest BCUT2D eigenvalue weighted by atomic mass is 35.5. The molecule has 0 saturated heterocycles. The van der Waals surface area contributed by atoms with Gasteiger partial charge in [-0.3, -0.25) is 0 Å². The summed E-state index contributed by atoms with van der Waals surface area (Å²) >= 11 is 7.50. The molecule has 2 nitrogen and oxygen atoms in total. The summed E-state index contributed by atoms with van der Waals surface area (Å²) in [5.74, 6) is 0. The van der Waals surface area contributed by atoms with E-state index < -0.39 is 0 Å². The summed E-state index contributed by atoms with van der Waals surface area (Å²) in [5.41, 5.74) is 0. The van der Waals surface area contributed by atoms with Crippen LogP contribution in [0.5, 0.6) is 0 Å². The first-order valence-corrected chi connectivity index (χ1v) is 7.06. The van der Waals surface area contributed by atoms with Crippen molar-refractivity contribution in [2.75, 3.05) is 13.1 Å². The van der Waals surface area contributed by atoms with Gasteiger partial charge in [0.25, 0.3) is 0 Å². The van der Waals surface area contributed by atoms with E-state index in [-0.39, 0.29) is 0 Å². The van der Waals surface area contributed by atoms with Crippen molar-refractivity contribution < 1.29 is 0 Å². The fourth-order valence-corrected chi connectivity index (χ4v) is 2.48. The molecule has 0 bridgehead atoms. The third-order valence-electron chi connectivity index (χ3n) is 2.26. The molecule has 2 N–H and O–H groups in total. The van der Waals surface area contributed by atoms with Crippen LogP contribution in [-0.2, 0) is 6.54 Å². The average molecular weight is 261 g/mol. The fraction of sp³-hybridized carbons (Fsp3) is 0.667. The maximum atomic E-state index is 5.85. The first-order valence-electron chi connectivity index (χ1n) is 5.87. The van der Waals surface area contributed by atoms with Gasteiger partial charge >= 0.3 is 0 Å². The Morgan fingerprint density at radius 2 is 2.00 bits per heavy atom. The van der Waals surface area contributed by atoms with Crippen LogP contribution in [0.3, 0.4) is 0 Å². The van der Waals surface area contributed by atoms with E-state index in [0.717, 1.165) is 24.0 Å². The van der Waals surface area contributed by atoms with Crippen molar-refractivity contribution in [1.29, 1.82) is 0 Å². The molecule has 1 aromatic rings. The molecule has 0 aromatic carbocycles. The largest absolute Gasteiger partial charge is 0.315 e. The lowest BCUT2D eigenvalue weighted by Gasteiger charge is -2.07. The van der Waals surface area contributed by atoms with Crippen LogP contribution in [0.15, 0.2) is 12.1 Å². The number of nitrogens with one attached hydrogen (secondary N) is 2. The van der Waals surface area contributed by atoms with Crippen molar-refractivity contribution >= 4 is 22.9 Å². The molecule has 92 valence electrons. The van der Waals surface area contributed by atoms with E-state index in [2.05, 4.69) is 30.5 Å². The number of hydrogen-bond acceptors (Lipinski definition) is 3. The van der Waals surface area contributed by atoms with E-state index in [0.29, 0.717) is 6.04 Å². The van der Waals surface area contributed by atoms with Crippen LogP contribution < -0.4 is 10.6 Å². The Morgan fingerprint density at radius 1 is 1.25 bits per heavy atom. The number of halogens is 1. The van der Waals surface area contributed by atoms with Crippen LogP contribution in [-0.4, -0.2) is 19.1 Å². The molecule has 16 heavy (non-hydrogen) atoms. The van der Waals surface area contributed by atoms with Crippen molar-refractivity contribution in [2.24, 2.45) is 0 Å². The molecule has 0 radical (unpaired) electrons. The van der Waals surface area contributed by atoms with Crippen LogP contribution in [0.4, 0.5) is 0 Å². The minimum atomic E-state index is 0.598. The van der Waals surface area contributed by atoms with Crippen LogP contribution in [0, 0.1) is 0 Å². The highest BCUT2D eigenvalue weighted by Gasteiger charge is 1.97. The second kappa shape index (κ2) is 8.07. The van der Waals surface area contributed by atoms with Gasteiger partial charge in [0.1, 0.15) is 0 Å². The molecule has 4 heteroatoms. The van der Waals surface area contributed by atoms with Crippen molar-refractivity contribution in [2.45, 2.75) is 39.3 Å². The quantitative estimate of drug-likeness (QED) is 0.701. The monoisotopic (exact) mass is 260 g/mol. The third kappa shape index (κ3) is 6.48. The van der Waals surface area contributed by atoms with Crippen LogP contribution in [0.25, 0.3) is 0 Å². The lowest BCUT2D eigenvalue weighted by molar-refractivity contribution is 0.542. The van der Waals surface area contributed by atoms with E-state index in [1.54, 1.807) is 11.3 Å². The van der Waals surface area contributed by atoms with Gasteiger partial charge in [0.2, 0.25) is 0 Å². The zero-order valence-electron chi connectivity index (χ0n) is 10.1. The van der Waals surface area contributed by atoms with E-state index >= 15 is 0 Å². The van der Waals surface area contributed by atoms with Gasteiger partial charge in [-0.1, -0.05) is 25.4 Å². The van der Waals surface area contributed by atoms with Gasteiger partial charge in [0.05, 0.1) is 4.34 Å². The average Bonchev–Trinajstić information content (AvgIpc) is 2.62. The molecule has 0 aliphatic heterocycles. The van der Waals surface area contributed by atoms with Crippen molar-refractivity contribution in [3.05, 3.63) is 21.3 Å². The van der Waals surface area contributed by atoms with Gasteiger partial charge in [-0.15, -0.1) is 11.3 Å². The molecule has 0 atom stereocenters. The summed E-state index contributed by atoms with van der Waals surface area (Å²) < 4.78 is 0.873. The Labute approximate surface area is 107 Å². The maximum Gasteiger partial charge on any atom is 0.0931 e. The van der Waals surface area contributed by atoms with Gasteiger partial charge in [0, 0.05) is 17.5 Å². The molecule has 0 aliphatic carbocycles. The first-order chi connectivity index (χ1) is 7.68. The van der Waals surface area contributed by atoms with Crippen molar-refractivity contribution in [1.82, 2.24) is 10.6 Å². The summed E-state index contributed by atoms with van der Waals surface area (Å²) in [5, 5.41) is 6.84. The molecule has 0 fully saturated rings. The van der Waals surface area contributed by atoms with Crippen molar-refractivity contribution in [3.8, 4) is 0 Å². The summed E-state index contributed by atoms with van der Waals surface area (Å²) in [4.78, 5) is 1.31. The summed E-state index contributed by atoms with van der Waals surface area (Å²) in [6, 6.07) is 4.64. The number of rotatable bonds is 8. The molecule has 0 saturated carbocycles. The Hall–Kier alpha value is -0.0900. The first kappa shape index (κ1) is 14.0. The zero-order chi connectivity index (χ0) is 11.8. The van der Waals surface area contributed by atoms with E-state index in [9.17, 15) is 0 Å². The third-order valence-corrected chi connectivity index (χ3v) is 3.49.